The molecular formula is C27H36N7O3+. The second-order valence-electron chi connectivity index (χ2n) is 8.82. The highest BCUT2D eigenvalue weighted by Gasteiger charge is 2.27. The number of hydrogen-bond donors (Lipinski definition) is 5. The van der Waals surface area contributed by atoms with Gasteiger partial charge in [-0.05, 0) is 30.5 Å². The number of pyridine rings is 1. The maximum absolute atomic E-state index is 13.2. The van der Waals surface area contributed by atoms with Crippen LogP contribution in [0.2, 0.25) is 0 Å². The normalized spacial score (nSPS) is 12.5. The van der Waals surface area contributed by atoms with Gasteiger partial charge in [0.25, 0.3) is 0 Å². The molecule has 3 rings (SSSR count). The molecule has 196 valence electrons. The number of carbonyl (C=O) groups excluding carboxylic acids is 3. The van der Waals surface area contributed by atoms with Gasteiger partial charge in [0.05, 0.1) is 12.5 Å². The molecule has 3 aromatic rings. The number of fused-ring (bicyclic) bond motifs is 1. The van der Waals surface area contributed by atoms with Crippen LogP contribution in [0, 0.1) is 0 Å². The lowest BCUT2D eigenvalue weighted by Gasteiger charge is -2.24. The van der Waals surface area contributed by atoms with Crippen molar-refractivity contribution in [2.45, 2.75) is 31.3 Å². The van der Waals surface area contributed by atoms with Gasteiger partial charge < -0.3 is 32.7 Å². The van der Waals surface area contributed by atoms with E-state index in [1.807, 2.05) is 60.7 Å². The molecule has 0 unspecified atom stereocenters. The number of nitrogens with two attached hydrogens (primary N) is 3. The van der Waals surface area contributed by atoms with Crippen LogP contribution in [0.3, 0.4) is 0 Å². The van der Waals surface area contributed by atoms with E-state index in [0.29, 0.717) is 31.6 Å². The summed E-state index contributed by atoms with van der Waals surface area (Å²) in [5, 5.41) is 6.56. The number of H-pyrrole nitrogens is 1. The lowest BCUT2D eigenvalue weighted by atomic mass is 10.0. The molecule has 0 aliphatic carbocycles. The van der Waals surface area contributed by atoms with Gasteiger partial charge in [0, 0.05) is 37.6 Å². The highest BCUT2D eigenvalue weighted by atomic mass is 16.2. The molecule has 0 saturated carbocycles. The molecule has 0 saturated heterocycles. The van der Waals surface area contributed by atoms with E-state index >= 15 is 0 Å². The number of nitrogens with zero attached hydrogens (tertiary/aromatic N) is 1. The average Bonchev–Trinajstić information content (AvgIpc) is 2.91. The van der Waals surface area contributed by atoms with Gasteiger partial charge in [0.15, 0.2) is 6.20 Å². The van der Waals surface area contributed by atoms with E-state index in [-0.39, 0.29) is 31.3 Å². The number of amides is 3. The van der Waals surface area contributed by atoms with Gasteiger partial charge in [-0.2, -0.15) is 0 Å². The first-order valence-electron chi connectivity index (χ1n) is 12.4. The molecule has 9 N–H and O–H groups in total. The van der Waals surface area contributed by atoms with Crippen LogP contribution in [-0.2, 0) is 20.8 Å². The van der Waals surface area contributed by atoms with Crippen molar-refractivity contribution >= 4 is 34.3 Å². The van der Waals surface area contributed by atoms with Gasteiger partial charge in [0.1, 0.15) is 11.7 Å². The zero-order valence-corrected chi connectivity index (χ0v) is 20.9. The quantitative estimate of drug-likeness (QED) is 0.221. The van der Waals surface area contributed by atoms with Crippen molar-refractivity contribution in [3.05, 3.63) is 72.4 Å². The predicted molar refractivity (Wildman–Crippen MR) is 143 cm³/mol. The fourth-order valence-electron chi connectivity index (χ4n) is 4.01. The first-order valence-corrected chi connectivity index (χ1v) is 12.4. The van der Waals surface area contributed by atoms with Crippen LogP contribution in [0.5, 0.6) is 0 Å². The third-order valence-electron chi connectivity index (χ3n) is 6.00. The Morgan fingerprint density at radius 1 is 0.919 bits per heavy atom. The fraction of sp³-hybridized carbons (Fsp3) is 0.333. The topological polar surface area (TPSA) is 171 Å². The number of anilines is 1. The fourth-order valence-corrected chi connectivity index (χ4v) is 4.01. The van der Waals surface area contributed by atoms with Crippen molar-refractivity contribution in [3.8, 4) is 0 Å². The van der Waals surface area contributed by atoms with Gasteiger partial charge >= 0.3 is 0 Å². The van der Waals surface area contributed by atoms with Gasteiger partial charge in [-0.15, -0.1) is 0 Å². The summed E-state index contributed by atoms with van der Waals surface area (Å²) in [6, 6.07) is 17.3. The Kier molecular flexibility index (Phi) is 10.5. The molecule has 0 fully saturated rings. The zero-order chi connectivity index (χ0) is 26.6. The van der Waals surface area contributed by atoms with Gasteiger partial charge in [-0.1, -0.05) is 42.5 Å². The number of aromatic amines is 1. The molecule has 37 heavy (non-hydrogen) atoms. The van der Waals surface area contributed by atoms with E-state index in [2.05, 4.69) is 15.6 Å². The number of para-hydroxylation sites is 1. The van der Waals surface area contributed by atoms with Crippen molar-refractivity contribution in [2.24, 2.45) is 17.2 Å². The summed E-state index contributed by atoms with van der Waals surface area (Å²) in [4.78, 5) is 43.4. The second-order valence-corrected chi connectivity index (χ2v) is 8.82. The second kappa shape index (κ2) is 14.0. The van der Waals surface area contributed by atoms with E-state index < -0.39 is 18.0 Å². The Morgan fingerprint density at radius 2 is 1.59 bits per heavy atom. The van der Waals surface area contributed by atoms with Gasteiger partial charge in [-0.3, -0.25) is 14.4 Å². The third-order valence-corrected chi connectivity index (χ3v) is 6.00. The maximum Gasteiger partial charge on any atom is 0.247 e. The molecule has 0 radical (unpaired) electrons. The minimum absolute atomic E-state index is 0.210. The van der Waals surface area contributed by atoms with E-state index in [9.17, 15) is 14.4 Å². The number of nitrogens with one attached hydrogen (secondary N) is 3. The third kappa shape index (κ3) is 8.35. The summed E-state index contributed by atoms with van der Waals surface area (Å²) >= 11 is 0. The summed E-state index contributed by atoms with van der Waals surface area (Å²) in [5.74, 6) is -1.26. The zero-order valence-electron chi connectivity index (χ0n) is 20.9. The molecule has 2 atom stereocenters. The van der Waals surface area contributed by atoms with Crippen molar-refractivity contribution in [1.82, 2.24) is 10.2 Å². The molecular weight excluding hydrogens is 470 g/mol. The maximum atomic E-state index is 13.2. The van der Waals surface area contributed by atoms with Crippen LogP contribution in [0.1, 0.15) is 18.4 Å². The van der Waals surface area contributed by atoms with E-state index in [1.165, 1.54) is 4.90 Å². The molecule has 0 aliphatic rings. The molecule has 0 aliphatic heterocycles. The average molecular weight is 507 g/mol. The number of carbonyl (C=O) groups is 3. The molecule has 2 aromatic carbocycles. The van der Waals surface area contributed by atoms with Crippen LogP contribution >= 0.6 is 0 Å². The van der Waals surface area contributed by atoms with Crippen LogP contribution in [-0.4, -0.2) is 60.9 Å². The molecule has 10 heteroatoms. The Hall–Kier alpha value is -3.86. The van der Waals surface area contributed by atoms with Crippen LogP contribution in [0.15, 0.2) is 66.9 Å². The minimum atomic E-state index is -1.12. The van der Waals surface area contributed by atoms with Gasteiger partial charge in [-0.25, -0.2) is 4.98 Å². The Morgan fingerprint density at radius 3 is 2.30 bits per heavy atom. The summed E-state index contributed by atoms with van der Waals surface area (Å²) < 4.78 is 0. The Balaban J connectivity index is 1.69. The van der Waals surface area contributed by atoms with Crippen LogP contribution in [0.4, 0.5) is 5.69 Å². The number of aromatic nitrogens is 1. The molecule has 1 heterocycles. The number of benzene rings is 2. The smallest absolute Gasteiger partial charge is 0.247 e. The van der Waals surface area contributed by atoms with Crippen molar-refractivity contribution < 1.29 is 19.4 Å². The predicted octanol–water partition coefficient (Wildman–Crippen LogP) is 0.173. The van der Waals surface area contributed by atoms with Crippen LogP contribution < -0.4 is 32.8 Å². The summed E-state index contributed by atoms with van der Waals surface area (Å²) in [5.41, 5.74) is 19.7. The Bertz CT molecular complexity index is 1180. The lowest BCUT2D eigenvalue weighted by Crippen LogP contribution is -2.52. The number of aryl methyl sites for hydroxylation is 1. The first-order chi connectivity index (χ1) is 17.9. The molecule has 0 spiro atoms. The monoisotopic (exact) mass is 506 g/mol. The standard InChI is InChI=1S/C27H35N7O3/c28-12-14-34(15-13-29)25(35)17-22(30)26(36)33-24(11-10-19-6-2-1-3-7-19)27(37)32-21-16-20-8-4-5-9-23(20)31-18-21/h1-9,16,18,22,24H,10-15,17,28-30H2,(H,32,37)(H,33,36)/p+1/t22-,24-/m0/s1. The van der Waals surface area contributed by atoms with Gasteiger partial charge in [0.2, 0.25) is 23.2 Å². The molecule has 3 amide bonds. The largest absolute Gasteiger partial charge is 0.343 e. The first kappa shape index (κ1) is 27.7. The number of rotatable bonds is 13. The van der Waals surface area contributed by atoms with Crippen molar-refractivity contribution in [1.29, 1.82) is 0 Å². The Labute approximate surface area is 216 Å². The summed E-state index contributed by atoms with van der Waals surface area (Å²) in [6.07, 6.45) is 2.41. The summed E-state index contributed by atoms with van der Waals surface area (Å²) in [7, 11) is 0. The van der Waals surface area contributed by atoms with Crippen molar-refractivity contribution in [3.63, 3.8) is 0 Å². The molecule has 1 aromatic heterocycles. The van der Waals surface area contributed by atoms with Crippen LogP contribution in [0.25, 0.3) is 10.9 Å². The molecule has 10 nitrogen and oxygen atoms in total. The highest BCUT2D eigenvalue weighted by molar-refractivity contribution is 5.99. The SMILES string of the molecule is NCCN(CCN)C(=O)C[C@H](N)C(=O)N[C@@H](CCc1ccccc1)C(=O)Nc1c[nH+]c2ccccc2c1. The van der Waals surface area contributed by atoms with E-state index in [1.54, 1.807) is 6.20 Å². The minimum Gasteiger partial charge on any atom is -0.343 e. The van der Waals surface area contributed by atoms with Crippen molar-refractivity contribution in [2.75, 3.05) is 31.5 Å². The molecule has 0 bridgehead atoms. The summed E-state index contributed by atoms with van der Waals surface area (Å²) in [6.45, 7) is 1.22. The highest BCUT2D eigenvalue weighted by Crippen LogP contribution is 2.15. The number of hydrogen-bond acceptors (Lipinski definition) is 6. The lowest BCUT2D eigenvalue weighted by molar-refractivity contribution is -0.343. The van der Waals surface area contributed by atoms with E-state index in [0.717, 1.165) is 16.5 Å². The van der Waals surface area contributed by atoms with E-state index in [4.69, 9.17) is 17.2 Å².